The molecule has 0 amide bonds. The Kier molecular flexibility index (Phi) is 3.25. The highest BCUT2D eigenvalue weighted by Crippen LogP contribution is 2.39. The van der Waals surface area contributed by atoms with Crippen LogP contribution in [-0.4, -0.2) is 22.0 Å². The van der Waals surface area contributed by atoms with Gasteiger partial charge in [-0.15, -0.1) is 0 Å². The maximum atomic E-state index is 4.56. The normalized spacial score (nSPS) is 19.2. The molecule has 0 spiro atoms. The van der Waals surface area contributed by atoms with Gasteiger partial charge in [-0.1, -0.05) is 6.07 Å². The number of nitrogens with zero attached hydrogens (tertiary/aromatic N) is 3. The van der Waals surface area contributed by atoms with Crippen molar-refractivity contribution in [3.05, 3.63) is 53.4 Å². The van der Waals surface area contributed by atoms with E-state index in [2.05, 4.69) is 26.3 Å². The van der Waals surface area contributed by atoms with Crippen LogP contribution in [0.3, 0.4) is 0 Å². The monoisotopic (exact) mass is 254 g/mol. The van der Waals surface area contributed by atoms with E-state index in [0.717, 1.165) is 24.2 Å². The molecule has 4 heteroatoms. The van der Waals surface area contributed by atoms with E-state index >= 15 is 0 Å². The highest BCUT2D eigenvalue weighted by molar-refractivity contribution is 5.31. The van der Waals surface area contributed by atoms with Gasteiger partial charge in [-0.3, -0.25) is 15.0 Å². The lowest BCUT2D eigenvalue weighted by molar-refractivity contribution is 0.458. The first-order valence-electron chi connectivity index (χ1n) is 6.69. The summed E-state index contributed by atoms with van der Waals surface area (Å²) in [7, 11) is 1.98. The largest absolute Gasteiger partial charge is 0.311 e. The first-order chi connectivity index (χ1) is 9.29. The molecule has 1 N–H and O–H groups in total. The first-order valence-corrected chi connectivity index (χ1v) is 6.69. The fourth-order valence-corrected chi connectivity index (χ4v) is 2.89. The molecule has 3 rings (SSSR count). The average Bonchev–Trinajstić information content (AvgIpc) is 2.86. The number of rotatable bonds is 3. The smallest absolute Gasteiger partial charge is 0.0763 e. The summed E-state index contributed by atoms with van der Waals surface area (Å²) in [5.41, 5.74) is 4.53. The van der Waals surface area contributed by atoms with E-state index in [1.165, 1.54) is 11.3 Å². The van der Waals surface area contributed by atoms with E-state index in [9.17, 15) is 0 Å². The fourth-order valence-electron chi connectivity index (χ4n) is 2.89. The molecule has 2 heterocycles. The van der Waals surface area contributed by atoms with Gasteiger partial charge in [0, 0.05) is 24.0 Å². The Bertz CT molecular complexity index is 565. The number of hydrogen-bond donors (Lipinski definition) is 1. The standard InChI is InChI=1S/C15H18N4/c1-10-8-19-13(9-18-10)15(16-2)12-6-5-11-4-3-7-17-14(11)12/h3-4,7-9,12,15-16H,5-6H2,1-2H3. The second-order valence-corrected chi connectivity index (χ2v) is 5.04. The molecule has 19 heavy (non-hydrogen) atoms. The van der Waals surface area contributed by atoms with Crippen molar-refractivity contribution in [2.75, 3.05) is 7.05 Å². The molecule has 0 radical (unpaired) electrons. The Hall–Kier alpha value is -1.81. The van der Waals surface area contributed by atoms with Gasteiger partial charge >= 0.3 is 0 Å². The van der Waals surface area contributed by atoms with Crippen LogP contribution in [-0.2, 0) is 6.42 Å². The molecule has 0 aliphatic heterocycles. The number of pyridine rings is 1. The summed E-state index contributed by atoms with van der Waals surface area (Å²) in [4.78, 5) is 13.4. The summed E-state index contributed by atoms with van der Waals surface area (Å²) in [5.74, 6) is 0.387. The summed E-state index contributed by atoms with van der Waals surface area (Å²) in [6.45, 7) is 1.96. The van der Waals surface area contributed by atoms with Crippen molar-refractivity contribution in [3.8, 4) is 0 Å². The van der Waals surface area contributed by atoms with Crippen LogP contribution in [0.2, 0.25) is 0 Å². The van der Waals surface area contributed by atoms with Crippen LogP contribution in [0.4, 0.5) is 0 Å². The second kappa shape index (κ2) is 5.05. The predicted molar refractivity (Wildman–Crippen MR) is 73.9 cm³/mol. The summed E-state index contributed by atoms with van der Waals surface area (Å²) in [6, 6.07) is 4.38. The number of nitrogens with one attached hydrogen (secondary N) is 1. The SMILES string of the molecule is CNC(c1cnc(C)cn1)C1CCc2cccnc21. The van der Waals surface area contributed by atoms with Crippen LogP contribution in [0.5, 0.6) is 0 Å². The molecule has 1 aliphatic carbocycles. The minimum atomic E-state index is 0.184. The minimum Gasteiger partial charge on any atom is -0.311 e. The number of fused-ring (bicyclic) bond motifs is 1. The number of likely N-dealkylation sites (N-methyl/N-ethyl adjacent to an activating group) is 1. The summed E-state index contributed by atoms with van der Waals surface area (Å²) >= 11 is 0. The lowest BCUT2D eigenvalue weighted by Crippen LogP contribution is -2.24. The Morgan fingerprint density at radius 2 is 2.16 bits per heavy atom. The molecular formula is C15H18N4. The van der Waals surface area contributed by atoms with Gasteiger partial charge in [0.25, 0.3) is 0 Å². The topological polar surface area (TPSA) is 50.7 Å². The quantitative estimate of drug-likeness (QED) is 0.912. The summed E-state index contributed by atoms with van der Waals surface area (Å²) < 4.78 is 0. The lowest BCUT2D eigenvalue weighted by Gasteiger charge is -2.22. The van der Waals surface area contributed by atoms with Crippen LogP contribution in [0, 0.1) is 6.92 Å². The van der Waals surface area contributed by atoms with E-state index in [1.54, 1.807) is 0 Å². The Morgan fingerprint density at radius 1 is 1.26 bits per heavy atom. The van der Waals surface area contributed by atoms with Gasteiger partial charge in [0.15, 0.2) is 0 Å². The fraction of sp³-hybridized carbons (Fsp3) is 0.400. The van der Waals surface area contributed by atoms with Crippen molar-refractivity contribution in [2.24, 2.45) is 0 Å². The third-order valence-electron chi connectivity index (χ3n) is 3.83. The average molecular weight is 254 g/mol. The molecule has 2 unspecified atom stereocenters. The Labute approximate surface area is 113 Å². The number of aryl methyl sites for hydroxylation is 2. The van der Waals surface area contributed by atoms with Gasteiger partial charge in [-0.25, -0.2) is 0 Å². The van der Waals surface area contributed by atoms with Crippen LogP contribution in [0.15, 0.2) is 30.7 Å². The van der Waals surface area contributed by atoms with E-state index < -0.39 is 0 Å². The van der Waals surface area contributed by atoms with E-state index in [4.69, 9.17) is 0 Å². The van der Waals surface area contributed by atoms with E-state index in [0.29, 0.717) is 5.92 Å². The third kappa shape index (κ3) is 2.24. The molecule has 0 fully saturated rings. The van der Waals surface area contributed by atoms with Gasteiger partial charge in [-0.2, -0.15) is 0 Å². The molecule has 4 nitrogen and oxygen atoms in total. The predicted octanol–water partition coefficient (Wildman–Crippen LogP) is 2.17. The highest BCUT2D eigenvalue weighted by Gasteiger charge is 2.31. The highest BCUT2D eigenvalue weighted by atomic mass is 14.9. The zero-order valence-electron chi connectivity index (χ0n) is 11.3. The van der Waals surface area contributed by atoms with Crippen LogP contribution < -0.4 is 5.32 Å². The van der Waals surface area contributed by atoms with E-state index in [1.807, 2.05) is 38.6 Å². The van der Waals surface area contributed by atoms with Crippen LogP contribution in [0.1, 0.15) is 41.0 Å². The molecule has 0 bridgehead atoms. The van der Waals surface area contributed by atoms with Crippen molar-refractivity contribution < 1.29 is 0 Å². The molecule has 2 atom stereocenters. The Morgan fingerprint density at radius 3 is 2.89 bits per heavy atom. The second-order valence-electron chi connectivity index (χ2n) is 5.04. The molecule has 2 aromatic heterocycles. The molecule has 1 aliphatic rings. The maximum absolute atomic E-state index is 4.56. The molecule has 0 aromatic carbocycles. The van der Waals surface area contributed by atoms with Gasteiger partial charge in [0.05, 0.1) is 23.6 Å². The minimum absolute atomic E-state index is 0.184. The molecule has 0 saturated heterocycles. The van der Waals surface area contributed by atoms with Gasteiger partial charge in [-0.05, 0) is 38.4 Å². The molecule has 98 valence electrons. The van der Waals surface area contributed by atoms with Crippen LogP contribution >= 0.6 is 0 Å². The van der Waals surface area contributed by atoms with Gasteiger partial charge in [0.1, 0.15) is 0 Å². The summed E-state index contributed by atoms with van der Waals surface area (Å²) in [6.07, 6.45) is 7.80. The first kappa shape index (κ1) is 12.2. The lowest BCUT2D eigenvalue weighted by atomic mass is 9.94. The van der Waals surface area contributed by atoms with Gasteiger partial charge < -0.3 is 5.32 Å². The molecular weight excluding hydrogens is 236 g/mol. The number of aromatic nitrogens is 3. The zero-order valence-corrected chi connectivity index (χ0v) is 11.3. The Balaban J connectivity index is 1.94. The zero-order chi connectivity index (χ0) is 13.2. The molecule has 0 saturated carbocycles. The van der Waals surface area contributed by atoms with Crippen molar-refractivity contribution in [1.82, 2.24) is 20.3 Å². The maximum Gasteiger partial charge on any atom is 0.0763 e. The summed E-state index contributed by atoms with van der Waals surface area (Å²) in [5, 5.41) is 3.38. The van der Waals surface area contributed by atoms with Crippen molar-refractivity contribution in [1.29, 1.82) is 0 Å². The van der Waals surface area contributed by atoms with Crippen molar-refractivity contribution >= 4 is 0 Å². The van der Waals surface area contributed by atoms with Crippen molar-refractivity contribution in [3.63, 3.8) is 0 Å². The third-order valence-corrected chi connectivity index (χ3v) is 3.83. The van der Waals surface area contributed by atoms with Crippen molar-refractivity contribution in [2.45, 2.75) is 31.7 Å². The van der Waals surface area contributed by atoms with Crippen LogP contribution in [0.25, 0.3) is 0 Å². The number of hydrogen-bond acceptors (Lipinski definition) is 4. The molecule has 2 aromatic rings. The van der Waals surface area contributed by atoms with E-state index in [-0.39, 0.29) is 6.04 Å². The van der Waals surface area contributed by atoms with Gasteiger partial charge in [0.2, 0.25) is 0 Å².